The number of nitrogens with one attached hydrogen (secondary N) is 1. The quantitative estimate of drug-likeness (QED) is 0.443. The molecule has 2 heterocycles. The maximum atomic E-state index is 12.0. The van der Waals surface area contributed by atoms with E-state index >= 15 is 0 Å². The molecular formula is C24H35N3O5. The number of unbranched alkanes of at least 4 members (excludes halogenated alkanes) is 1. The number of likely N-dealkylation sites (N-methyl/N-ethyl adjacent to an activating group) is 1. The van der Waals surface area contributed by atoms with Crippen LogP contribution in [0.2, 0.25) is 0 Å². The van der Waals surface area contributed by atoms with E-state index in [1.807, 2.05) is 6.07 Å². The molecule has 0 radical (unpaired) electrons. The summed E-state index contributed by atoms with van der Waals surface area (Å²) >= 11 is 0. The van der Waals surface area contributed by atoms with Crippen molar-refractivity contribution in [1.29, 1.82) is 0 Å². The monoisotopic (exact) mass is 445 g/mol. The Labute approximate surface area is 189 Å². The van der Waals surface area contributed by atoms with Crippen molar-refractivity contribution in [3.05, 3.63) is 23.3 Å². The van der Waals surface area contributed by atoms with E-state index in [9.17, 15) is 15.0 Å². The standard InChI is InChI=1S/C24H35N3O5/c1-27-12-10-23-19-14-6-7-17(28)20(19)32-21(23)15(8-9-24(23,31-2)18(27)13-14)26-16(22(29)30)5-3-4-11-25/h6-7,15-16,18,21,26,28H,3-5,8-13,25H2,1-2H3,(H,29,30)/t15-,16?,18?,21+,23+,24-/m1/s1. The molecule has 1 spiro atoms. The third kappa shape index (κ3) is 2.79. The third-order valence-electron chi connectivity index (χ3n) is 8.71. The number of carboxylic acids is 1. The number of rotatable bonds is 8. The number of phenolic OH excluding ortho intramolecular Hbond substituents is 1. The van der Waals surface area contributed by atoms with Crippen LogP contribution in [-0.4, -0.2) is 78.2 Å². The van der Waals surface area contributed by atoms with Crippen LogP contribution < -0.4 is 15.8 Å². The van der Waals surface area contributed by atoms with Crippen LogP contribution in [0.25, 0.3) is 0 Å². The number of carbonyl (C=O) groups is 1. The molecule has 1 saturated heterocycles. The molecule has 2 fully saturated rings. The maximum absolute atomic E-state index is 12.0. The van der Waals surface area contributed by atoms with E-state index in [4.69, 9.17) is 15.2 Å². The van der Waals surface area contributed by atoms with Gasteiger partial charge in [-0.25, -0.2) is 0 Å². The molecule has 2 bridgehead atoms. The number of nitrogens with two attached hydrogens (primary N) is 1. The number of carboxylic acid groups (broad SMARTS) is 1. The summed E-state index contributed by atoms with van der Waals surface area (Å²) < 4.78 is 13.0. The van der Waals surface area contributed by atoms with E-state index in [-0.39, 0.29) is 23.9 Å². The zero-order chi connectivity index (χ0) is 22.7. The number of likely N-dealkylation sites (tertiary alicyclic amines) is 1. The second-order valence-corrected chi connectivity index (χ2v) is 9.99. The number of hydrogen-bond donors (Lipinski definition) is 4. The van der Waals surface area contributed by atoms with E-state index < -0.39 is 23.0 Å². The third-order valence-corrected chi connectivity index (χ3v) is 8.71. The first kappa shape index (κ1) is 21.9. The lowest BCUT2D eigenvalue weighted by Crippen LogP contribution is -2.78. The first-order chi connectivity index (χ1) is 15.4. The highest BCUT2D eigenvalue weighted by atomic mass is 16.5. The molecule has 5 N–H and O–H groups in total. The number of benzene rings is 1. The number of ether oxygens (including phenoxy) is 2. The minimum Gasteiger partial charge on any atom is -0.504 e. The van der Waals surface area contributed by atoms with Gasteiger partial charge in [0, 0.05) is 24.8 Å². The lowest BCUT2D eigenvalue weighted by molar-refractivity contribution is -0.204. The van der Waals surface area contributed by atoms with Crippen molar-refractivity contribution in [2.24, 2.45) is 5.73 Å². The number of piperidine rings is 1. The second-order valence-electron chi connectivity index (χ2n) is 9.99. The molecule has 0 amide bonds. The van der Waals surface area contributed by atoms with Gasteiger partial charge < -0.3 is 30.3 Å². The lowest BCUT2D eigenvalue weighted by atomic mass is 9.48. The number of methoxy groups -OCH3 is 1. The van der Waals surface area contributed by atoms with Crippen LogP contribution in [0.5, 0.6) is 11.5 Å². The molecule has 5 rings (SSSR count). The fourth-order valence-corrected chi connectivity index (χ4v) is 7.34. The molecule has 1 saturated carbocycles. The molecule has 8 heteroatoms. The number of aliphatic carboxylic acids is 1. The van der Waals surface area contributed by atoms with Crippen molar-refractivity contribution in [2.75, 3.05) is 27.2 Å². The maximum Gasteiger partial charge on any atom is 0.320 e. The number of phenols is 1. The molecule has 2 unspecified atom stereocenters. The first-order valence-electron chi connectivity index (χ1n) is 11.9. The summed E-state index contributed by atoms with van der Waals surface area (Å²) in [6.07, 6.45) is 5.12. The zero-order valence-electron chi connectivity index (χ0n) is 19.0. The Balaban J connectivity index is 1.56. The van der Waals surface area contributed by atoms with Gasteiger partial charge in [0.05, 0.1) is 11.0 Å². The highest BCUT2D eigenvalue weighted by Gasteiger charge is 2.73. The summed E-state index contributed by atoms with van der Waals surface area (Å²) in [5.41, 5.74) is 7.08. The van der Waals surface area contributed by atoms with Crippen LogP contribution in [0.3, 0.4) is 0 Å². The molecule has 1 aromatic carbocycles. The number of aromatic hydroxyl groups is 1. The molecule has 0 aromatic heterocycles. The van der Waals surface area contributed by atoms with Gasteiger partial charge in [0.1, 0.15) is 12.1 Å². The Morgan fingerprint density at radius 3 is 2.94 bits per heavy atom. The van der Waals surface area contributed by atoms with Gasteiger partial charge in [0.2, 0.25) is 0 Å². The number of nitrogens with zero attached hydrogens (tertiary/aromatic N) is 1. The predicted molar refractivity (Wildman–Crippen MR) is 119 cm³/mol. The Hall–Kier alpha value is -1.87. The number of hydrogen-bond acceptors (Lipinski definition) is 7. The predicted octanol–water partition coefficient (Wildman–Crippen LogP) is 1.37. The Kier molecular flexibility index (Phi) is 5.40. The molecule has 2 aliphatic heterocycles. The molecule has 176 valence electrons. The fraction of sp³-hybridized carbons (Fsp3) is 0.708. The van der Waals surface area contributed by atoms with Gasteiger partial charge in [-0.2, -0.15) is 0 Å². The second kappa shape index (κ2) is 7.87. The Morgan fingerprint density at radius 2 is 2.22 bits per heavy atom. The molecular weight excluding hydrogens is 410 g/mol. The van der Waals surface area contributed by atoms with Crippen LogP contribution in [0.15, 0.2) is 12.1 Å². The normalized spacial score (nSPS) is 35.8. The molecule has 8 nitrogen and oxygen atoms in total. The fourth-order valence-electron chi connectivity index (χ4n) is 7.34. The first-order valence-corrected chi connectivity index (χ1v) is 11.9. The van der Waals surface area contributed by atoms with E-state index in [1.165, 1.54) is 5.56 Å². The van der Waals surface area contributed by atoms with Crippen LogP contribution in [0.4, 0.5) is 0 Å². The van der Waals surface area contributed by atoms with Crippen molar-refractivity contribution >= 4 is 5.97 Å². The minimum absolute atomic E-state index is 0.140. The van der Waals surface area contributed by atoms with E-state index in [2.05, 4.69) is 17.3 Å². The average molecular weight is 446 g/mol. The topological polar surface area (TPSA) is 117 Å². The Morgan fingerprint density at radius 1 is 1.41 bits per heavy atom. The SMILES string of the molecule is CO[C@@]12CC[C@@H](NC(CCCCN)C(=O)O)[C@@H]3Oc4c(O)ccc5c4[C@@]31CCN(C)C2C5. The van der Waals surface area contributed by atoms with Gasteiger partial charge in [-0.15, -0.1) is 0 Å². The molecule has 2 aliphatic carbocycles. The van der Waals surface area contributed by atoms with Crippen molar-refractivity contribution in [3.8, 4) is 11.5 Å². The van der Waals surface area contributed by atoms with Crippen LogP contribution >= 0.6 is 0 Å². The molecule has 1 aromatic rings. The zero-order valence-corrected chi connectivity index (χ0v) is 19.0. The summed E-state index contributed by atoms with van der Waals surface area (Å²) in [4.78, 5) is 14.4. The molecule has 32 heavy (non-hydrogen) atoms. The van der Waals surface area contributed by atoms with Crippen LogP contribution in [-0.2, 0) is 21.4 Å². The van der Waals surface area contributed by atoms with Gasteiger partial charge in [-0.05, 0) is 70.3 Å². The summed E-state index contributed by atoms with van der Waals surface area (Å²) in [5.74, 6) is -0.112. The van der Waals surface area contributed by atoms with Crippen molar-refractivity contribution < 1.29 is 24.5 Å². The van der Waals surface area contributed by atoms with Crippen molar-refractivity contribution in [1.82, 2.24) is 10.2 Å². The van der Waals surface area contributed by atoms with Gasteiger partial charge >= 0.3 is 5.97 Å². The van der Waals surface area contributed by atoms with Gasteiger partial charge in [0.15, 0.2) is 11.5 Å². The van der Waals surface area contributed by atoms with Gasteiger partial charge in [0.25, 0.3) is 0 Å². The minimum atomic E-state index is -0.841. The van der Waals surface area contributed by atoms with Crippen molar-refractivity contribution in [2.45, 2.75) is 80.2 Å². The molecule has 6 atom stereocenters. The van der Waals surface area contributed by atoms with Crippen LogP contribution in [0.1, 0.15) is 49.7 Å². The highest BCUT2D eigenvalue weighted by Crippen LogP contribution is 2.66. The van der Waals surface area contributed by atoms with Gasteiger partial charge in [-0.1, -0.05) is 12.5 Å². The van der Waals surface area contributed by atoms with E-state index in [1.54, 1.807) is 13.2 Å². The van der Waals surface area contributed by atoms with Crippen molar-refractivity contribution in [3.63, 3.8) is 0 Å². The smallest absolute Gasteiger partial charge is 0.320 e. The van der Waals surface area contributed by atoms with E-state index in [0.29, 0.717) is 18.7 Å². The highest BCUT2D eigenvalue weighted by molar-refractivity contribution is 5.73. The summed E-state index contributed by atoms with van der Waals surface area (Å²) in [5, 5.41) is 24.0. The van der Waals surface area contributed by atoms with Crippen LogP contribution in [0, 0.1) is 0 Å². The summed E-state index contributed by atoms with van der Waals surface area (Å²) in [6.45, 7) is 1.48. The average Bonchev–Trinajstić information content (AvgIpc) is 3.14. The Bertz CT molecular complexity index is 910. The van der Waals surface area contributed by atoms with E-state index in [0.717, 1.165) is 50.6 Å². The van der Waals surface area contributed by atoms with Gasteiger partial charge in [-0.3, -0.25) is 10.1 Å². The summed E-state index contributed by atoms with van der Waals surface area (Å²) in [6, 6.07) is 3.18. The lowest BCUT2D eigenvalue weighted by Gasteiger charge is -2.65. The molecule has 4 aliphatic rings. The largest absolute Gasteiger partial charge is 0.504 e. The summed E-state index contributed by atoms with van der Waals surface area (Å²) in [7, 11) is 3.97.